The number of hydrogen-bond acceptors (Lipinski definition) is 11. The van der Waals surface area contributed by atoms with Crippen LogP contribution in [0.1, 0.15) is 50.3 Å². The zero-order valence-corrected chi connectivity index (χ0v) is 33.3. The Bertz CT molecular complexity index is 2170. The summed E-state index contributed by atoms with van der Waals surface area (Å²) in [7, 11) is -7.44. The fourth-order valence-corrected chi connectivity index (χ4v) is 7.41. The molecular weight excluding hydrogens is 761 g/mol. The summed E-state index contributed by atoms with van der Waals surface area (Å²) >= 11 is 0. The molecule has 5 rings (SSSR count). The molecule has 1 aliphatic heterocycles. The first-order valence-corrected chi connectivity index (χ1v) is 21.2. The molecule has 4 aromatic rings. The molecule has 1 N–H and O–H groups in total. The van der Waals surface area contributed by atoms with Crippen molar-refractivity contribution in [3.8, 4) is 23.0 Å². The van der Waals surface area contributed by atoms with Gasteiger partial charge >= 0.3 is 11.8 Å². The average molecular weight is 807 g/mol. The van der Waals surface area contributed by atoms with Gasteiger partial charge in [0.2, 0.25) is 0 Å². The molecule has 4 aromatic carbocycles. The van der Waals surface area contributed by atoms with Gasteiger partial charge in [0.1, 0.15) is 23.0 Å². The number of rotatable bonds is 17. The molecule has 1 fully saturated rings. The van der Waals surface area contributed by atoms with Gasteiger partial charge in [-0.05, 0) is 110 Å². The largest absolute Gasteiger partial charge is 0.485 e. The van der Waals surface area contributed by atoms with Crippen LogP contribution in [0.4, 0.5) is 5.69 Å². The van der Waals surface area contributed by atoms with Crippen LogP contribution < -0.4 is 19.5 Å². The number of hydrogen-bond donors (Lipinski definition) is 1. The molecule has 15 heteroatoms. The second kappa shape index (κ2) is 19.1. The Labute approximate surface area is 328 Å². The molecule has 0 bridgehead atoms. The first-order valence-electron chi connectivity index (χ1n) is 18.2. The highest BCUT2D eigenvalue weighted by atomic mass is 32.2. The topological polar surface area (TPSA) is 164 Å². The summed E-state index contributed by atoms with van der Waals surface area (Å²) in [6, 6.07) is 28.0. The van der Waals surface area contributed by atoms with Gasteiger partial charge in [0.05, 0.1) is 37.5 Å². The van der Waals surface area contributed by atoms with E-state index in [9.17, 15) is 26.4 Å². The molecule has 2 amide bonds. The van der Waals surface area contributed by atoms with Crippen molar-refractivity contribution in [3.63, 3.8) is 0 Å². The number of amides is 2. The van der Waals surface area contributed by atoms with Crippen molar-refractivity contribution in [2.24, 2.45) is 0 Å². The molecule has 0 saturated carbocycles. The summed E-state index contributed by atoms with van der Waals surface area (Å²) in [4.78, 5) is 28.0. The number of nitrogens with one attached hydrogen (secondary N) is 1. The lowest BCUT2D eigenvalue weighted by Crippen LogP contribution is -2.39. The van der Waals surface area contributed by atoms with E-state index in [1.165, 1.54) is 16.5 Å². The first-order chi connectivity index (χ1) is 26.7. The van der Waals surface area contributed by atoms with Crippen molar-refractivity contribution in [2.45, 2.75) is 52.2 Å². The van der Waals surface area contributed by atoms with Gasteiger partial charge in [0.25, 0.3) is 20.2 Å². The van der Waals surface area contributed by atoms with Crippen LogP contribution in [0, 0.1) is 0 Å². The summed E-state index contributed by atoms with van der Waals surface area (Å²) in [5, 5.41) is 3.63. The van der Waals surface area contributed by atoms with Gasteiger partial charge in [-0.3, -0.25) is 18.0 Å². The smallest absolute Gasteiger partial charge is 0.313 e. The van der Waals surface area contributed by atoms with Gasteiger partial charge in [0.15, 0.2) is 12.2 Å². The number of aryl methyl sites for hydroxylation is 1. The maximum Gasteiger partial charge on any atom is 0.313 e. The summed E-state index contributed by atoms with van der Waals surface area (Å²) in [5.74, 6) is 0.733. The van der Waals surface area contributed by atoms with Crippen LogP contribution >= 0.6 is 0 Å². The SMILES string of the molecule is CCOS(=O)(=O)/C=C/c1ccc(O[C@@H]2CN(C(=O)C(=O)Nc3ccc(Oc4ccc(C(C)C)cc4)cc3)C[C@@H]2Oc2ccc(CCS(=O)(=O)OCC)cc2)cc1. The van der Waals surface area contributed by atoms with E-state index in [1.807, 2.05) is 24.3 Å². The van der Waals surface area contributed by atoms with Crippen LogP contribution in [0.5, 0.6) is 23.0 Å². The fraction of sp³-hybridized carbons (Fsp3) is 0.317. The van der Waals surface area contributed by atoms with Crippen molar-refractivity contribution in [3.05, 3.63) is 119 Å². The van der Waals surface area contributed by atoms with E-state index in [4.69, 9.17) is 22.6 Å². The second-order valence-electron chi connectivity index (χ2n) is 13.2. The number of carbonyl (C=O) groups is 2. The first kappa shape index (κ1) is 41.9. The van der Waals surface area contributed by atoms with E-state index < -0.39 is 44.3 Å². The van der Waals surface area contributed by atoms with Crippen LogP contribution in [0.2, 0.25) is 0 Å². The lowest BCUT2D eigenvalue weighted by molar-refractivity contribution is -0.142. The number of nitrogens with zero attached hydrogens (tertiary/aromatic N) is 1. The third kappa shape index (κ3) is 12.4. The molecule has 298 valence electrons. The zero-order chi connectivity index (χ0) is 40.3. The maximum atomic E-state index is 13.5. The fourth-order valence-electron chi connectivity index (χ4n) is 5.72. The molecule has 1 saturated heterocycles. The maximum absolute atomic E-state index is 13.5. The van der Waals surface area contributed by atoms with E-state index in [0.717, 1.165) is 11.0 Å². The van der Waals surface area contributed by atoms with E-state index in [0.29, 0.717) is 40.2 Å². The number of ether oxygens (including phenoxy) is 3. The number of benzene rings is 4. The van der Waals surface area contributed by atoms with Gasteiger partial charge in [-0.15, -0.1) is 0 Å². The highest BCUT2D eigenvalue weighted by Crippen LogP contribution is 2.27. The van der Waals surface area contributed by atoms with Gasteiger partial charge in [-0.2, -0.15) is 16.8 Å². The molecule has 0 aliphatic carbocycles. The van der Waals surface area contributed by atoms with Crippen LogP contribution in [-0.4, -0.2) is 77.8 Å². The van der Waals surface area contributed by atoms with Gasteiger partial charge in [-0.25, -0.2) is 0 Å². The highest BCUT2D eigenvalue weighted by Gasteiger charge is 2.40. The number of carbonyl (C=O) groups excluding carboxylic acids is 2. The van der Waals surface area contributed by atoms with E-state index >= 15 is 0 Å². The minimum atomic E-state index is -3.81. The summed E-state index contributed by atoms with van der Waals surface area (Å²) < 4.78 is 75.8. The van der Waals surface area contributed by atoms with Gasteiger partial charge in [-0.1, -0.05) is 50.2 Å². The standard InChI is InChI=1S/C41H46N2O11S2/c1-5-50-55(46,47)25-23-30-7-15-36(16-8-30)53-38-27-43(28-39(38)54-37-17-9-31(10-18-37)24-26-56(48,49)51-6-2)41(45)40(44)42-33-13-21-35(22-14-33)52-34-19-11-32(12-20-34)29(3)4/h7-23,25,29,38-39H,5-6,24,26-28H2,1-4H3,(H,42,44)/b25-23+/t38-,39+/m1/s1. The Balaban J connectivity index is 1.25. The molecule has 13 nitrogen and oxygen atoms in total. The summed E-state index contributed by atoms with van der Waals surface area (Å²) in [6.07, 6.45) is 0.253. The van der Waals surface area contributed by atoms with Crippen LogP contribution in [0.3, 0.4) is 0 Å². The molecule has 0 unspecified atom stereocenters. The minimum Gasteiger partial charge on any atom is -0.485 e. The monoisotopic (exact) mass is 806 g/mol. The molecule has 56 heavy (non-hydrogen) atoms. The van der Waals surface area contributed by atoms with Crippen LogP contribution in [-0.2, 0) is 44.6 Å². The van der Waals surface area contributed by atoms with Gasteiger partial charge in [0, 0.05) is 5.69 Å². The molecule has 1 heterocycles. The van der Waals surface area contributed by atoms with Crippen LogP contribution in [0.15, 0.2) is 102 Å². The number of anilines is 1. The predicted octanol–water partition coefficient (Wildman–Crippen LogP) is 6.52. The summed E-state index contributed by atoms with van der Waals surface area (Å²) in [6.45, 7) is 7.57. The Morgan fingerprint density at radius 3 is 1.79 bits per heavy atom. The Hall–Kier alpha value is -5.22. The van der Waals surface area contributed by atoms with Crippen molar-refractivity contribution in [1.82, 2.24) is 4.90 Å². The van der Waals surface area contributed by atoms with Crippen molar-refractivity contribution < 1.29 is 49.0 Å². The minimum absolute atomic E-state index is 0.0192. The third-order valence-electron chi connectivity index (χ3n) is 8.62. The lowest BCUT2D eigenvalue weighted by Gasteiger charge is -2.21. The normalized spacial score (nSPS) is 15.9. The summed E-state index contributed by atoms with van der Waals surface area (Å²) in [5.41, 5.74) is 2.95. The van der Waals surface area contributed by atoms with E-state index in [-0.39, 0.29) is 38.5 Å². The van der Waals surface area contributed by atoms with E-state index in [1.54, 1.807) is 86.6 Å². The Morgan fingerprint density at radius 1 is 0.732 bits per heavy atom. The zero-order valence-electron chi connectivity index (χ0n) is 31.6. The lowest BCUT2D eigenvalue weighted by atomic mass is 10.0. The van der Waals surface area contributed by atoms with Crippen molar-refractivity contribution >= 4 is 43.8 Å². The molecule has 0 spiro atoms. The molecule has 2 atom stereocenters. The molecular formula is C41H46N2O11S2. The van der Waals surface area contributed by atoms with E-state index in [2.05, 4.69) is 19.2 Å². The predicted molar refractivity (Wildman–Crippen MR) is 213 cm³/mol. The molecule has 0 radical (unpaired) electrons. The molecule has 1 aliphatic rings. The Kier molecular flexibility index (Phi) is 14.3. The second-order valence-corrected chi connectivity index (χ2v) is 16.4. The third-order valence-corrected chi connectivity index (χ3v) is 10.9. The van der Waals surface area contributed by atoms with Gasteiger partial charge < -0.3 is 24.4 Å². The molecule has 0 aromatic heterocycles. The average Bonchev–Trinajstić information content (AvgIpc) is 3.56. The quantitative estimate of drug-likeness (QED) is 0.0913. The van der Waals surface area contributed by atoms with Crippen LogP contribution in [0.25, 0.3) is 6.08 Å². The Morgan fingerprint density at radius 2 is 1.25 bits per heavy atom. The number of likely N-dealkylation sites (tertiary alicyclic amines) is 1. The highest BCUT2D eigenvalue weighted by molar-refractivity contribution is 7.89. The van der Waals surface area contributed by atoms with Crippen molar-refractivity contribution in [2.75, 3.05) is 37.4 Å². The van der Waals surface area contributed by atoms with Crippen molar-refractivity contribution in [1.29, 1.82) is 0 Å².